The quantitative estimate of drug-likeness (QED) is 0.770. The fourth-order valence-electron chi connectivity index (χ4n) is 1.93. The third kappa shape index (κ3) is 3.70. The minimum atomic E-state index is -0.392. The van der Waals surface area contributed by atoms with E-state index in [9.17, 15) is 9.18 Å². The van der Waals surface area contributed by atoms with Gasteiger partial charge in [-0.3, -0.25) is 9.78 Å². The van der Waals surface area contributed by atoms with E-state index in [0.717, 1.165) is 0 Å². The molecular formula is C16H13FN4O2. The van der Waals surface area contributed by atoms with E-state index < -0.39 is 5.91 Å². The normalized spacial score (nSPS) is 10.3. The van der Waals surface area contributed by atoms with Crippen LogP contribution in [0.4, 0.5) is 21.6 Å². The number of rotatable bonds is 4. The van der Waals surface area contributed by atoms with Gasteiger partial charge in [0.15, 0.2) is 5.82 Å². The van der Waals surface area contributed by atoms with Crippen molar-refractivity contribution < 1.29 is 13.7 Å². The van der Waals surface area contributed by atoms with Crippen LogP contribution in [-0.2, 0) is 0 Å². The molecule has 0 atom stereocenters. The maximum Gasteiger partial charge on any atom is 0.274 e. The van der Waals surface area contributed by atoms with Gasteiger partial charge in [-0.2, -0.15) is 0 Å². The highest BCUT2D eigenvalue weighted by Gasteiger charge is 2.09. The molecule has 116 valence electrons. The average Bonchev–Trinajstić information content (AvgIpc) is 2.95. The number of hydrogen-bond acceptors (Lipinski definition) is 5. The van der Waals surface area contributed by atoms with Gasteiger partial charge >= 0.3 is 0 Å². The molecule has 3 aromatic rings. The average molecular weight is 312 g/mol. The molecule has 2 heterocycles. The number of benzene rings is 1. The summed E-state index contributed by atoms with van der Waals surface area (Å²) in [6, 6.07) is 10.5. The zero-order chi connectivity index (χ0) is 16.2. The second-order valence-corrected chi connectivity index (χ2v) is 4.84. The predicted octanol–water partition coefficient (Wildman–Crippen LogP) is 3.51. The van der Waals surface area contributed by atoms with Gasteiger partial charge in [-0.1, -0.05) is 5.16 Å². The van der Waals surface area contributed by atoms with Gasteiger partial charge in [-0.25, -0.2) is 4.39 Å². The highest BCUT2D eigenvalue weighted by atomic mass is 19.1. The van der Waals surface area contributed by atoms with Crippen LogP contribution in [0.5, 0.6) is 0 Å². The van der Waals surface area contributed by atoms with Crippen LogP contribution in [-0.4, -0.2) is 16.0 Å². The van der Waals surface area contributed by atoms with Gasteiger partial charge in [0.1, 0.15) is 17.3 Å². The van der Waals surface area contributed by atoms with E-state index in [4.69, 9.17) is 4.52 Å². The van der Waals surface area contributed by atoms with Gasteiger partial charge in [0.05, 0.1) is 0 Å². The summed E-state index contributed by atoms with van der Waals surface area (Å²) in [5.41, 5.74) is 1.36. The lowest BCUT2D eigenvalue weighted by atomic mass is 10.2. The SMILES string of the molecule is Cc1cc(Nc2ccnc(C(=O)Nc3ccc(F)cc3)c2)no1. The molecule has 0 fully saturated rings. The number of carbonyl (C=O) groups is 1. The van der Waals surface area contributed by atoms with Crippen molar-refractivity contribution in [3.63, 3.8) is 0 Å². The highest BCUT2D eigenvalue weighted by Crippen LogP contribution is 2.17. The number of aromatic nitrogens is 2. The van der Waals surface area contributed by atoms with Crippen molar-refractivity contribution in [3.05, 3.63) is 65.9 Å². The summed E-state index contributed by atoms with van der Waals surface area (Å²) < 4.78 is 17.8. The second kappa shape index (κ2) is 6.27. The van der Waals surface area contributed by atoms with Gasteiger partial charge in [0.25, 0.3) is 5.91 Å². The predicted molar refractivity (Wildman–Crippen MR) is 83.1 cm³/mol. The Labute approximate surface area is 131 Å². The fraction of sp³-hybridized carbons (Fsp3) is 0.0625. The Hall–Kier alpha value is -3.22. The smallest absolute Gasteiger partial charge is 0.274 e. The molecule has 0 bridgehead atoms. The Morgan fingerprint density at radius 1 is 1.13 bits per heavy atom. The standard InChI is InChI=1S/C16H13FN4O2/c1-10-8-15(21-23-10)19-13-6-7-18-14(9-13)16(22)20-12-4-2-11(17)3-5-12/h2-9H,1H3,(H,20,22)(H,18,19,21). The van der Waals surface area contributed by atoms with Crippen molar-refractivity contribution in [2.45, 2.75) is 6.92 Å². The number of halogens is 1. The van der Waals surface area contributed by atoms with E-state index >= 15 is 0 Å². The van der Waals surface area contributed by atoms with Crippen molar-refractivity contribution in [2.75, 3.05) is 10.6 Å². The van der Waals surface area contributed by atoms with Gasteiger partial charge in [0, 0.05) is 23.6 Å². The summed E-state index contributed by atoms with van der Waals surface area (Å²) in [5, 5.41) is 9.49. The van der Waals surface area contributed by atoms with E-state index in [1.54, 1.807) is 25.1 Å². The maximum atomic E-state index is 12.9. The number of aryl methyl sites for hydroxylation is 1. The van der Waals surface area contributed by atoms with Gasteiger partial charge in [-0.05, 0) is 43.3 Å². The molecule has 0 radical (unpaired) electrons. The lowest BCUT2D eigenvalue weighted by Gasteiger charge is -2.06. The molecule has 6 nitrogen and oxygen atoms in total. The Morgan fingerprint density at radius 3 is 2.61 bits per heavy atom. The molecule has 2 N–H and O–H groups in total. The summed E-state index contributed by atoms with van der Waals surface area (Å²) in [7, 11) is 0. The number of carbonyl (C=O) groups excluding carboxylic acids is 1. The Morgan fingerprint density at radius 2 is 1.91 bits per heavy atom. The van der Waals surface area contributed by atoms with Gasteiger partial charge in [-0.15, -0.1) is 0 Å². The summed E-state index contributed by atoms with van der Waals surface area (Å²) in [5.74, 6) is 0.459. The number of nitrogens with zero attached hydrogens (tertiary/aromatic N) is 2. The van der Waals surface area contributed by atoms with Crippen LogP contribution in [0.1, 0.15) is 16.2 Å². The molecule has 0 aliphatic rings. The van der Waals surface area contributed by atoms with E-state index in [1.165, 1.54) is 30.5 Å². The molecule has 3 rings (SSSR count). The lowest BCUT2D eigenvalue weighted by molar-refractivity contribution is 0.102. The molecule has 1 amide bonds. The number of nitrogens with one attached hydrogen (secondary N) is 2. The number of hydrogen-bond donors (Lipinski definition) is 2. The third-order valence-electron chi connectivity index (χ3n) is 3.00. The van der Waals surface area contributed by atoms with E-state index in [-0.39, 0.29) is 11.5 Å². The molecule has 0 saturated carbocycles. The molecule has 0 aliphatic heterocycles. The van der Waals surface area contributed by atoms with Crippen LogP contribution in [0.3, 0.4) is 0 Å². The fourth-order valence-corrected chi connectivity index (χ4v) is 1.93. The van der Waals surface area contributed by atoms with Crippen LogP contribution < -0.4 is 10.6 Å². The summed E-state index contributed by atoms with van der Waals surface area (Å²) >= 11 is 0. The Kier molecular flexibility index (Phi) is 4.01. The van der Waals surface area contributed by atoms with Crippen molar-refractivity contribution in [1.29, 1.82) is 0 Å². The molecule has 0 unspecified atom stereocenters. The van der Waals surface area contributed by atoms with Gasteiger partial charge < -0.3 is 15.2 Å². The first-order valence-corrected chi connectivity index (χ1v) is 6.83. The first-order valence-electron chi connectivity index (χ1n) is 6.83. The molecule has 23 heavy (non-hydrogen) atoms. The van der Waals surface area contributed by atoms with E-state index in [1.807, 2.05) is 0 Å². The molecular weight excluding hydrogens is 299 g/mol. The van der Waals surface area contributed by atoms with Crippen LogP contribution in [0, 0.1) is 12.7 Å². The summed E-state index contributed by atoms with van der Waals surface area (Å²) in [6.07, 6.45) is 1.51. The van der Waals surface area contributed by atoms with Crippen molar-refractivity contribution in [1.82, 2.24) is 10.1 Å². The first kappa shape index (κ1) is 14.7. The topological polar surface area (TPSA) is 80.0 Å². The number of pyridine rings is 1. The lowest BCUT2D eigenvalue weighted by Crippen LogP contribution is -2.13. The van der Waals surface area contributed by atoms with Crippen LogP contribution >= 0.6 is 0 Å². The van der Waals surface area contributed by atoms with Gasteiger partial charge in [0.2, 0.25) is 0 Å². The minimum absolute atomic E-state index is 0.222. The summed E-state index contributed by atoms with van der Waals surface area (Å²) in [6.45, 7) is 1.78. The van der Waals surface area contributed by atoms with E-state index in [0.29, 0.717) is 23.0 Å². The molecule has 0 saturated heterocycles. The molecule has 2 aromatic heterocycles. The highest BCUT2D eigenvalue weighted by molar-refractivity contribution is 6.03. The number of amides is 1. The third-order valence-corrected chi connectivity index (χ3v) is 3.00. The first-order chi connectivity index (χ1) is 11.1. The Bertz CT molecular complexity index is 830. The van der Waals surface area contributed by atoms with Crippen LogP contribution in [0.25, 0.3) is 0 Å². The van der Waals surface area contributed by atoms with Crippen molar-refractivity contribution >= 4 is 23.1 Å². The second-order valence-electron chi connectivity index (χ2n) is 4.84. The van der Waals surface area contributed by atoms with Crippen LogP contribution in [0.15, 0.2) is 53.2 Å². The molecule has 0 aliphatic carbocycles. The zero-order valence-corrected chi connectivity index (χ0v) is 12.2. The summed E-state index contributed by atoms with van der Waals surface area (Å²) in [4.78, 5) is 16.2. The Balaban J connectivity index is 1.73. The molecule has 0 spiro atoms. The number of anilines is 3. The largest absolute Gasteiger partial charge is 0.360 e. The maximum absolute atomic E-state index is 12.9. The van der Waals surface area contributed by atoms with Crippen molar-refractivity contribution in [2.24, 2.45) is 0 Å². The monoisotopic (exact) mass is 312 g/mol. The molecule has 1 aromatic carbocycles. The van der Waals surface area contributed by atoms with E-state index in [2.05, 4.69) is 20.8 Å². The van der Waals surface area contributed by atoms with Crippen molar-refractivity contribution in [3.8, 4) is 0 Å². The van der Waals surface area contributed by atoms with Crippen LogP contribution in [0.2, 0.25) is 0 Å². The molecule has 7 heteroatoms. The minimum Gasteiger partial charge on any atom is -0.360 e. The zero-order valence-electron chi connectivity index (χ0n) is 12.2.